The minimum absolute atomic E-state index is 0.214. The third-order valence-electron chi connectivity index (χ3n) is 4.25. The van der Waals surface area contributed by atoms with Gasteiger partial charge in [0.2, 0.25) is 0 Å². The van der Waals surface area contributed by atoms with Gasteiger partial charge in [0.15, 0.2) is 0 Å². The second kappa shape index (κ2) is 8.51. The number of halogens is 4. The first-order valence-electron chi connectivity index (χ1n) is 8.59. The van der Waals surface area contributed by atoms with Crippen molar-refractivity contribution in [2.75, 3.05) is 13.2 Å². The molecule has 0 aliphatic carbocycles. The second-order valence-electron chi connectivity index (χ2n) is 6.26. The van der Waals surface area contributed by atoms with E-state index in [1.807, 2.05) is 6.92 Å². The molecule has 26 heavy (non-hydrogen) atoms. The molecule has 0 N–H and O–H groups in total. The van der Waals surface area contributed by atoms with Crippen LogP contribution in [0.2, 0.25) is 0 Å². The minimum Gasteiger partial charge on any atom is -0.464 e. The fourth-order valence-electron chi connectivity index (χ4n) is 2.92. The number of carbonyl (C=O) groups excluding carboxylic acids is 2. The van der Waals surface area contributed by atoms with Crippen LogP contribution in [-0.2, 0) is 15.7 Å². The van der Waals surface area contributed by atoms with Crippen molar-refractivity contribution < 1.29 is 31.9 Å². The summed E-state index contributed by atoms with van der Waals surface area (Å²) in [6.45, 7) is 2.46. The van der Waals surface area contributed by atoms with Gasteiger partial charge in [-0.15, -0.1) is 0 Å². The van der Waals surface area contributed by atoms with Gasteiger partial charge in [-0.05, 0) is 37.5 Å². The van der Waals surface area contributed by atoms with Gasteiger partial charge >= 0.3 is 12.1 Å². The normalized spacial score (nSPS) is 17.4. The summed E-state index contributed by atoms with van der Waals surface area (Å²) in [5.41, 5.74) is -1.67. The number of nitrogens with zero attached hydrogens (tertiary/aromatic N) is 1. The van der Waals surface area contributed by atoms with Crippen LogP contribution in [0.5, 0.6) is 0 Å². The molecular formula is C18H21F4NO3. The molecule has 144 valence electrons. The Morgan fingerprint density at radius 3 is 2.62 bits per heavy atom. The molecule has 1 amide bonds. The van der Waals surface area contributed by atoms with E-state index in [0.29, 0.717) is 31.4 Å². The Kier molecular flexibility index (Phi) is 6.61. The maximum absolute atomic E-state index is 13.5. The van der Waals surface area contributed by atoms with Crippen molar-refractivity contribution in [3.8, 4) is 0 Å². The van der Waals surface area contributed by atoms with Crippen molar-refractivity contribution in [3.63, 3.8) is 0 Å². The smallest absolute Gasteiger partial charge is 0.416 e. The van der Waals surface area contributed by atoms with Gasteiger partial charge in [0.05, 0.1) is 12.2 Å². The predicted molar refractivity (Wildman–Crippen MR) is 85.9 cm³/mol. The van der Waals surface area contributed by atoms with Gasteiger partial charge in [-0.3, -0.25) is 4.79 Å². The van der Waals surface area contributed by atoms with Gasteiger partial charge in [0.1, 0.15) is 11.9 Å². The first-order chi connectivity index (χ1) is 12.2. The summed E-state index contributed by atoms with van der Waals surface area (Å²) >= 11 is 0. The predicted octanol–water partition coefficient (Wildman–Crippen LogP) is 4.18. The summed E-state index contributed by atoms with van der Waals surface area (Å²) in [4.78, 5) is 25.9. The molecule has 1 unspecified atom stereocenters. The highest BCUT2D eigenvalue weighted by atomic mass is 19.4. The Balaban J connectivity index is 2.13. The molecule has 2 rings (SSSR count). The van der Waals surface area contributed by atoms with Crippen molar-refractivity contribution >= 4 is 11.9 Å². The number of amides is 1. The van der Waals surface area contributed by atoms with E-state index in [4.69, 9.17) is 4.74 Å². The molecule has 0 aromatic heterocycles. The van der Waals surface area contributed by atoms with Crippen molar-refractivity contribution in [1.29, 1.82) is 0 Å². The highest BCUT2D eigenvalue weighted by Gasteiger charge is 2.37. The standard InChI is InChI=1S/C18H21F4NO3/c1-2-3-4-8-26-17(25)15-6-5-7-23(15)16(24)12-9-13(18(20,21)22)11-14(19)10-12/h9-11,15H,2-8H2,1H3. The van der Waals surface area contributed by atoms with E-state index in [-0.39, 0.29) is 13.2 Å². The second-order valence-corrected chi connectivity index (χ2v) is 6.26. The van der Waals surface area contributed by atoms with Crippen LogP contribution in [0.1, 0.15) is 54.9 Å². The lowest BCUT2D eigenvalue weighted by Crippen LogP contribution is -2.41. The van der Waals surface area contributed by atoms with Gasteiger partial charge < -0.3 is 9.64 Å². The van der Waals surface area contributed by atoms with Gasteiger partial charge in [-0.2, -0.15) is 13.2 Å². The molecule has 1 saturated heterocycles. The Labute approximate surface area is 149 Å². The lowest BCUT2D eigenvalue weighted by atomic mass is 10.1. The number of carbonyl (C=O) groups is 2. The summed E-state index contributed by atoms with van der Waals surface area (Å²) in [6, 6.07) is 0.842. The molecule has 1 aliphatic rings. The molecule has 0 radical (unpaired) electrons. The van der Waals surface area contributed by atoms with Crippen LogP contribution in [0.4, 0.5) is 17.6 Å². The first-order valence-corrected chi connectivity index (χ1v) is 8.59. The van der Waals surface area contributed by atoms with Crippen molar-refractivity contribution in [1.82, 2.24) is 4.90 Å². The first kappa shape index (κ1) is 20.2. The Morgan fingerprint density at radius 2 is 1.96 bits per heavy atom. The van der Waals surface area contributed by atoms with Crippen LogP contribution >= 0.6 is 0 Å². The van der Waals surface area contributed by atoms with Crippen LogP contribution in [0.3, 0.4) is 0 Å². The summed E-state index contributed by atoms with van der Waals surface area (Å²) in [5.74, 6) is -2.52. The summed E-state index contributed by atoms with van der Waals surface area (Å²) in [5, 5.41) is 0. The zero-order valence-electron chi connectivity index (χ0n) is 14.4. The minimum atomic E-state index is -4.76. The number of benzene rings is 1. The molecule has 1 aromatic rings. The highest BCUT2D eigenvalue weighted by molar-refractivity contribution is 5.97. The number of hydrogen-bond donors (Lipinski definition) is 0. The molecule has 1 aromatic carbocycles. The zero-order chi connectivity index (χ0) is 19.3. The third-order valence-corrected chi connectivity index (χ3v) is 4.25. The van der Waals surface area contributed by atoms with Gasteiger partial charge in [0.25, 0.3) is 5.91 Å². The van der Waals surface area contributed by atoms with Crippen molar-refractivity contribution in [2.24, 2.45) is 0 Å². The molecule has 0 bridgehead atoms. The Hall–Kier alpha value is -2.12. The molecule has 8 heteroatoms. The molecule has 1 atom stereocenters. The van der Waals surface area contributed by atoms with E-state index in [2.05, 4.69) is 0 Å². The monoisotopic (exact) mass is 375 g/mol. The number of hydrogen-bond acceptors (Lipinski definition) is 3. The number of unbranched alkanes of at least 4 members (excludes halogenated alkanes) is 2. The lowest BCUT2D eigenvalue weighted by molar-refractivity contribution is -0.148. The van der Waals surface area contributed by atoms with Gasteiger partial charge in [-0.1, -0.05) is 19.8 Å². The van der Waals surface area contributed by atoms with E-state index in [1.54, 1.807) is 0 Å². The maximum atomic E-state index is 13.5. The average molecular weight is 375 g/mol. The molecule has 0 saturated carbocycles. The molecule has 4 nitrogen and oxygen atoms in total. The molecule has 1 fully saturated rings. The summed E-state index contributed by atoms with van der Waals surface area (Å²) < 4.78 is 57.2. The van der Waals surface area contributed by atoms with Crippen LogP contribution in [-0.4, -0.2) is 36.0 Å². The van der Waals surface area contributed by atoms with Crippen molar-refractivity contribution in [3.05, 3.63) is 35.1 Å². The van der Waals surface area contributed by atoms with Crippen LogP contribution in [0.25, 0.3) is 0 Å². The van der Waals surface area contributed by atoms with Gasteiger partial charge in [0, 0.05) is 12.1 Å². The summed E-state index contributed by atoms with van der Waals surface area (Å²) in [7, 11) is 0. The number of ether oxygens (including phenoxy) is 1. The Bertz CT molecular complexity index is 660. The van der Waals surface area contributed by atoms with E-state index >= 15 is 0 Å². The molecular weight excluding hydrogens is 354 g/mol. The topological polar surface area (TPSA) is 46.6 Å². The molecule has 1 aliphatic heterocycles. The number of alkyl halides is 3. The van der Waals surface area contributed by atoms with Crippen LogP contribution < -0.4 is 0 Å². The fourth-order valence-corrected chi connectivity index (χ4v) is 2.92. The van der Waals surface area contributed by atoms with E-state index in [0.717, 1.165) is 23.8 Å². The fraction of sp³-hybridized carbons (Fsp3) is 0.556. The number of likely N-dealkylation sites (tertiary alicyclic amines) is 1. The average Bonchev–Trinajstić information content (AvgIpc) is 3.06. The lowest BCUT2D eigenvalue weighted by Gasteiger charge is -2.23. The largest absolute Gasteiger partial charge is 0.464 e. The van der Waals surface area contributed by atoms with Crippen molar-refractivity contribution in [2.45, 2.75) is 51.2 Å². The number of rotatable bonds is 6. The maximum Gasteiger partial charge on any atom is 0.416 e. The summed E-state index contributed by atoms with van der Waals surface area (Å²) in [6.07, 6.45) is -1.28. The zero-order valence-corrected chi connectivity index (χ0v) is 14.4. The third kappa shape index (κ3) is 4.95. The van der Waals surface area contributed by atoms with E-state index < -0.39 is 41.0 Å². The molecule has 1 heterocycles. The SMILES string of the molecule is CCCCCOC(=O)C1CCCN1C(=O)c1cc(F)cc(C(F)(F)F)c1. The van der Waals surface area contributed by atoms with E-state index in [1.165, 1.54) is 0 Å². The van der Waals surface area contributed by atoms with Crippen LogP contribution in [0.15, 0.2) is 18.2 Å². The Morgan fingerprint density at radius 1 is 1.23 bits per heavy atom. The number of esters is 1. The highest BCUT2D eigenvalue weighted by Crippen LogP contribution is 2.31. The van der Waals surface area contributed by atoms with Crippen LogP contribution in [0, 0.1) is 5.82 Å². The quantitative estimate of drug-likeness (QED) is 0.426. The van der Waals surface area contributed by atoms with Gasteiger partial charge in [-0.25, -0.2) is 9.18 Å². The molecule has 0 spiro atoms. The van der Waals surface area contributed by atoms with E-state index in [9.17, 15) is 27.2 Å².